The number of rotatable bonds is 2. The molecule has 1 heterocycles. The molecule has 0 aliphatic heterocycles. The molecule has 1 aromatic heterocycles. The molecule has 0 amide bonds. The molecule has 0 bridgehead atoms. The van der Waals surface area contributed by atoms with Crippen LogP contribution < -0.4 is 10.5 Å². The summed E-state index contributed by atoms with van der Waals surface area (Å²) in [6.07, 6.45) is 3.16. The highest BCUT2D eigenvalue weighted by molar-refractivity contribution is 5.71. The van der Waals surface area contributed by atoms with Crippen molar-refractivity contribution in [2.45, 2.75) is 0 Å². The summed E-state index contributed by atoms with van der Waals surface area (Å²) >= 11 is 0. The van der Waals surface area contributed by atoms with E-state index in [0.29, 0.717) is 22.6 Å². The molecule has 0 aliphatic rings. The summed E-state index contributed by atoms with van der Waals surface area (Å²) in [4.78, 5) is 3.96. The Morgan fingerprint density at radius 2 is 2.06 bits per heavy atom. The fourth-order valence-corrected chi connectivity index (χ4v) is 1.51. The third-order valence-electron chi connectivity index (χ3n) is 2.28. The van der Waals surface area contributed by atoms with Gasteiger partial charge in [0.2, 0.25) is 0 Å². The largest absolute Gasteiger partial charge is 0.496 e. The normalized spacial score (nSPS) is 10.1. The van der Waals surface area contributed by atoms with Crippen LogP contribution in [0.15, 0.2) is 36.7 Å². The number of nitrogens with zero attached hydrogens (tertiary/aromatic N) is 1. The minimum atomic E-state index is -0.383. The van der Waals surface area contributed by atoms with Crippen molar-refractivity contribution in [3.8, 4) is 16.9 Å². The Hall–Kier alpha value is -2.10. The maximum Gasteiger partial charge on any atom is 0.133 e. The number of hydrogen-bond donors (Lipinski definition) is 1. The molecule has 4 heteroatoms. The van der Waals surface area contributed by atoms with E-state index >= 15 is 0 Å². The smallest absolute Gasteiger partial charge is 0.133 e. The van der Waals surface area contributed by atoms with Gasteiger partial charge in [0, 0.05) is 29.2 Å². The summed E-state index contributed by atoms with van der Waals surface area (Å²) in [5, 5.41) is 0. The number of pyridine rings is 1. The standard InChI is InChI=1S/C12H11FN2O/c1-16-12-4-5-15-7-10(12)9-3-2-8(14)6-11(9)13/h2-7H,14H2,1H3. The van der Waals surface area contributed by atoms with Crippen molar-refractivity contribution in [2.75, 3.05) is 12.8 Å². The van der Waals surface area contributed by atoms with Gasteiger partial charge in [-0.2, -0.15) is 0 Å². The summed E-state index contributed by atoms with van der Waals surface area (Å²) in [6.45, 7) is 0. The Labute approximate surface area is 92.7 Å². The van der Waals surface area contributed by atoms with Gasteiger partial charge in [-0.3, -0.25) is 4.98 Å². The fraction of sp³-hybridized carbons (Fsp3) is 0.0833. The van der Waals surface area contributed by atoms with E-state index in [9.17, 15) is 4.39 Å². The number of halogens is 1. The zero-order valence-corrected chi connectivity index (χ0v) is 8.77. The van der Waals surface area contributed by atoms with Gasteiger partial charge in [-0.15, -0.1) is 0 Å². The SMILES string of the molecule is COc1ccncc1-c1ccc(N)cc1F. The summed E-state index contributed by atoms with van der Waals surface area (Å²) in [7, 11) is 1.54. The molecule has 0 spiro atoms. The molecule has 0 atom stereocenters. The van der Waals surface area contributed by atoms with E-state index in [0.717, 1.165) is 0 Å². The number of benzene rings is 1. The Morgan fingerprint density at radius 3 is 2.75 bits per heavy atom. The lowest BCUT2D eigenvalue weighted by atomic mass is 10.1. The van der Waals surface area contributed by atoms with Crippen molar-refractivity contribution in [1.29, 1.82) is 0 Å². The first kappa shape index (κ1) is 10.4. The molecule has 0 saturated heterocycles. The summed E-state index contributed by atoms with van der Waals surface area (Å²) in [5.74, 6) is 0.199. The van der Waals surface area contributed by atoms with Crippen LogP contribution >= 0.6 is 0 Å². The zero-order valence-electron chi connectivity index (χ0n) is 8.77. The van der Waals surface area contributed by atoms with Gasteiger partial charge in [-0.05, 0) is 24.3 Å². The molecular weight excluding hydrogens is 207 g/mol. The average Bonchev–Trinajstić information content (AvgIpc) is 2.29. The molecule has 0 radical (unpaired) electrons. The summed E-state index contributed by atoms with van der Waals surface area (Å²) in [5.41, 5.74) is 6.93. The molecule has 2 aromatic rings. The van der Waals surface area contributed by atoms with Crippen molar-refractivity contribution in [2.24, 2.45) is 0 Å². The molecule has 0 saturated carbocycles. The number of hydrogen-bond acceptors (Lipinski definition) is 3. The van der Waals surface area contributed by atoms with Crippen molar-refractivity contribution < 1.29 is 9.13 Å². The van der Waals surface area contributed by atoms with Crippen LogP contribution in [0.1, 0.15) is 0 Å². The monoisotopic (exact) mass is 218 g/mol. The Bertz CT molecular complexity index is 514. The van der Waals surface area contributed by atoms with Gasteiger partial charge in [-0.25, -0.2) is 4.39 Å². The van der Waals surface area contributed by atoms with Gasteiger partial charge >= 0.3 is 0 Å². The van der Waals surface area contributed by atoms with Gasteiger partial charge in [0.15, 0.2) is 0 Å². The lowest BCUT2D eigenvalue weighted by molar-refractivity contribution is 0.415. The van der Waals surface area contributed by atoms with Crippen LogP contribution in [0.25, 0.3) is 11.1 Å². The third kappa shape index (κ3) is 1.82. The number of nitrogens with two attached hydrogens (primary N) is 1. The van der Waals surface area contributed by atoms with Gasteiger partial charge in [0.1, 0.15) is 11.6 Å². The second-order valence-corrected chi connectivity index (χ2v) is 3.32. The minimum Gasteiger partial charge on any atom is -0.496 e. The van der Waals surface area contributed by atoms with Crippen LogP contribution in [0.3, 0.4) is 0 Å². The van der Waals surface area contributed by atoms with E-state index in [4.69, 9.17) is 10.5 Å². The number of nitrogen functional groups attached to an aromatic ring is 1. The van der Waals surface area contributed by atoms with Crippen molar-refractivity contribution >= 4 is 5.69 Å². The summed E-state index contributed by atoms with van der Waals surface area (Å²) in [6, 6.07) is 6.22. The summed E-state index contributed by atoms with van der Waals surface area (Å²) < 4.78 is 18.8. The minimum absolute atomic E-state index is 0.383. The number of aromatic nitrogens is 1. The Kier molecular flexibility index (Phi) is 2.72. The second-order valence-electron chi connectivity index (χ2n) is 3.32. The molecule has 1 aromatic carbocycles. The first-order chi connectivity index (χ1) is 7.72. The maximum atomic E-state index is 13.7. The molecule has 3 nitrogen and oxygen atoms in total. The van der Waals surface area contributed by atoms with Crippen LogP contribution in [0.5, 0.6) is 5.75 Å². The predicted molar refractivity (Wildman–Crippen MR) is 60.6 cm³/mol. The van der Waals surface area contributed by atoms with Gasteiger partial charge in [-0.1, -0.05) is 0 Å². The van der Waals surface area contributed by atoms with Gasteiger partial charge in [0.25, 0.3) is 0 Å². The van der Waals surface area contributed by atoms with Crippen molar-refractivity contribution in [3.05, 3.63) is 42.5 Å². The zero-order chi connectivity index (χ0) is 11.5. The van der Waals surface area contributed by atoms with Crippen LogP contribution in [0.4, 0.5) is 10.1 Å². The van der Waals surface area contributed by atoms with E-state index in [-0.39, 0.29) is 5.82 Å². The van der Waals surface area contributed by atoms with Crippen LogP contribution in [-0.2, 0) is 0 Å². The van der Waals surface area contributed by atoms with E-state index in [1.165, 1.54) is 13.2 Å². The Morgan fingerprint density at radius 1 is 1.25 bits per heavy atom. The second kappa shape index (κ2) is 4.18. The average molecular weight is 218 g/mol. The van der Waals surface area contributed by atoms with E-state index in [2.05, 4.69) is 4.98 Å². The van der Waals surface area contributed by atoms with Gasteiger partial charge in [0.05, 0.1) is 7.11 Å². The topological polar surface area (TPSA) is 48.1 Å². The van der Waals surface area contributed by atoms with Crippen molar-refractivity contribution in [1.82, 2.24) is 4.98 Å². The van der Waals surface area contributed by atoms with Crippen molar-refractivity contribution in [3.63, 3.8) is 0 Å². The number of ether oxygens (including phenoxy) is 1. The molecular formula is C12H11FN2O. The third-order valence-corrected chi connectivity index (χ3v) is 2.28. The highest BCUT2D eigenvalue weighted by atomic mass is 19.1. The maximum absolute atomic E-state index is 13.7. The molecule has 0 fully saturated rings. The molecule has 2 N–H and O–H groups in total. The van der Waals surface area contributed by atoms with E-state index < -0.39 is 0 Å². The lowest BCUT2D eigenvalue weighted by Gasteiger charge is -2.08. The first-order valence-electron chi connectivity index (χ1n) is 4.76. The molecule has 0 aliphatic carbocycles. The van der Waals surface area contributed by atoms with E-state index in [1.54, 1.807) is 30.6 Å². The van der Waals surface area contributed by atoms with Crippen LogP contribution in [-0.4, -0.2) is 12.1 Å². The highest BCUT2D eigenvalue weighted by Gasteiger charge is 2.10. The molecule has 2 rings (SSSR count). The number of anilines is 1. The molecule has 16 heavy (non-hydrogen) atoms. The highest BCUT2D eigenvalue weighted by Crippen LogP contribution is 2.31. The Balaban J connectivity index is 2.58. The lowest BCUT2D eigenvalue weighted by Crippen LogP contribution is -1.93. The fourth-order valence-electron chi connectivity index (χ4n) is 1.51. The first-order valence-corrected chi connectivity index (χ1v) is 4.76. The van der Waals surface area contributed by atoms with Crippen LogP contribution in [0.2, 0.25) is 0 Å². The molecule has 82 valence electrons. The molecule has 0 unspecified atom stereocenters. The van der Waals surface area contributed by atoms with Gasteiger partial charge < -0.3 is 10.5 Å². The van der Waals surface area contributed by atoms with E-state index in [1.807, 2.05) is 0 Å². The quantitative estimate of drug-likeness (QED) is 0.788. The number of methoxy groups -OCH3 is 1. The predicted octanol–water partition coefficient (Wildman–Crippen LogP) is 2.48. The van der Waals surface area contributed by atoms with Crippen LogP contribution in [0, 0.1) is 5.82 Å².